The highest BCUT2D eigenvalue weighted by Crippen LogP contribution is 2.32. The highest BCUT2D eigenvalue weighted by molar-refractivity contribution is 7.21. The third-order valence-corrected chi connectivity index (χ3v) is 4.14. The summed E-state index contributed by atoms with van der Waals surface area (Å²) in [6.45, 7) is 0.991. The molecule has 0 fully saturated rings. The van der Waals surface area contributed by atoms with E-state index in [0.29, 0.717) is 20.5 Å². The first-order chi connectivity index (χ1) is 9.08. The summed E-state index contributed by atoms with van der Waals surface area (Å²) in [5.41, 5.74) is 0.574. The second kappa shape index (κ2) is 5.64. The lowest BCUT2D eigenvalue weighted by atomic mass is 10.1. The molecule has 0 saturated carbocycles. The molecule has 0 atom stereocenters. The number of aliphatic hydroxyl groups excluding tert-OH is 2. The van der Waals surface area contributed by atoms with Gasteiger partial charge in [0.15, 0.2) is 0 Å². The van der Waals surface area contributed by atoms with Gasteiger partial charge in [-0.1, -0.05) is 6.07 Å². The van der Waals surface area contributed by atoms with Gasteiger partial charge in [0.1, 0.15) is 5.82 Å². The predicted octanol–water partition coefficient (Wildman–Crippen LogP) is 1.43. The first-order valence-corrected chi connectivity index (χ1v) is 6.60. The molecule has 0 spiro atoms. The number of benzene rings is 1. The lowest BCUT2D eigenvalue weighted by Gasteiger charge is -2.12. The zero-order chi connectivity index (χ0) is 14.0. The van der Waals surface area contributed by atoms with Crippen LogP contribution in [-0.2, 0) is 0 Å². The third-order valence-electron chi connectivity index (χ3n) is 2.89. The number of carbonyl (C=O) groups excluding carboxylic acids is 1. The Morgan fingerprint density at radius 3 is 2.68 bits per heavy atom. The Balaban J connectivity index is 2.38. The fourth-order valence-corrected chi connectivity index (χ4v) is 3.00. The topological polar surface area (TPSA) is 69.6 Å². The number of halogens is 1. The van der Waals surface area contributed by atoms with Crippen LogP contribution in [0.15, 0.2) is 18.2 Å². The fourth-order valence-electron chi connectivity index (χ4n) is 1.87. The molecule has 0 radical (unpaired) electrons. The first kappa shape index (κ1) is 13.9. The smallest absolute Gasteiger partial charge is 0.262 e. The number of hydrogen-bond donors (Lipinski definition) is 3. The quantitative estimate of drug-likeness (QED) is 0.795. The van der Waals surface area contributed by atoms with Crippen LogP contribution in [0.5, 0.6) is 0 Å². The number of fused-ring (bicyclic) bond motifs is 1. The zero-order valence-electron chi connectivity index (χ0n) is 10.3. The van der Waals surface area contributed by atoms with Gasteiger partial charge in [0.05, 0.1) is 24.1 Å². The summed E-state index contributed by atoms with van der Waals surface area (Å²) in [7, 11) is 0. The lowest BCUT2D eigenvalue weighted by Crippen LogP contribution is -2.39. The van der Waals surface area contributed by atoms with Crippen molar-refractivity contribution < 1.29 is 19.4 Å². The predicted molar refractivity (Wildman–Crippen MR) is 71.9 cm³/mol. The van der Waals surface area contributed by atoms with Crippen LogP contribution in [0.3, 0.4) is 0 Å². The van der Waals surface area contributed by atoms with E-state index in [-0.39, 0.29) is 19.0 Å². The molecule has 0 aliphatic heterocycles. The summed E-state index contributed by atoms with van der Waals surface area (Å²) in [6, 6.07) is 4.00. The van der Waals surface area contributed by atoms with E-state index in [2.05, 4.69) is 5.32 Å². The molecular formula is C13H14FNO3S. The van der Waals surface area contributed by atoms with Crippen molar-refractivity contribution in [2.45, 2.75) is 13.0 Å². The van der Waals surface area contributed by atoms with Crippen LogP contribution in [0.25, 0.3) is 10.1 Å². The Morgan fingerprint density at radius 2 is 2.11 bits per heavy atom. The van der Waals surface area contributed by atoms with Gasteiger partial charge in [-0.25, -0.2) is 4.39 Å². The average molecular weight is 283 g/mol. The number of rotatable bonds is 4. The van der Waals surface area contributed by atoms with Crippen LogP contribution in [0, 0.1) is 12.7 Å². The van der Waals surface area contributed by atoms with E-state index in [9.17, 15) is 9.18 Å². The Kier molecular flexibility index (Phi) is 4.14. The van der Waals surface area contributed by atoms with Gasteiger partial charge in [-0.15, -0.1) is 11.3 Å². The number of hydrogen-bond acceptors (Lipinski definition) is 4. The molecule has 1 aromatic heterocycles. The normalized spacial score (nSPS) is 11.2. The van der Waals surface area contributed by atoms with E-state index in [1.165, 1.54) is 17.4 Å². The molecule has 1 aromatic carbocycles. The van der Waals surface area contributed by atoms with Crippen LogP contribution >= 0.6 is 11.3 Å². The monoisotopic (exact) mass is 283 g/mol. The van der Waals surface area contributed by atoms with Gasteiger partial charge in [0, 0.05) is 10.1 Å². The maximum atomic E-state index is 13.7. The van der Waals surface area contributed by atoms with Gasteiger partial charge in [0.2, 0.25) is 0 Å². The summed E-state index contributed by atoms with van der Waals surface area (Å²) in [5, 5.41) is 20.8. The SMILES string of the molecule is Cc1c(C(=O)NC(CO)CO)sc2cccc(F)c12. The molecule has 1 heterocycles. The molecule has 19 heavy (non-hydrogen) atoms. The van der Waals surface area contributed by atoms with Crippen molar-refractivity contribution in [3.63, 3.8) is 0 Å². The van der Waals surface area contributed by atoms with Crippen molar-refractivity contribution in [3.05, 3.63) is 34.5 Å². The van der Waals surface area contributed by atoms with E-state index >= 15 is 0 Å². The number of nitrogens with one attached hydrogen (secondary N) is 1. The lowest BCUT2D eigenvalue weighted by molar-refractivity contribution is 0.0883. The third kappa shape index (κ3) is 2.60. The molecule has 0 aliphatic rings. The summed E-state index contributed by atoms with van der Waals surface area (Å²) in [4.78, 5) is 12.4. The Morgan fingerprint density at radius 1 is 1.42 bits per heavy atom. The van der Waals surface area contributed by atoms with Crippen molar-refractivity contribution in [3.8, 4) is 0 Å². The van der Waals surface area contributed by atoms with Gasteiger partial charge < -0.3 is 15.5 Å². The van der Waals surface area contributed by atoms with E-state index in [4.69, 9.17) is 10.2 Å². The van der Waals surface area contributed by atoms with Gasteiger partial charge in [0.25, 0.3) is 5.91 Å². The number of aliphatic hydroxyl groups is 2. The molecule has 0 bridgehead atoms. The van der Waals surface area contributed by atoms with Crippen LogP contribution in [0.4, 0.5) is 4.39 Å². The highest BCUT2D eigenvalue weighted by atomic mass is 32.1. The minimum Gasteiger partial charge on any atom is -0.394 e. The average Bonchev–Trinajstić information content (AvgIpc) is 2.74. The largest absolute Gasteiger partial charge is 0.394 e. The van der Waals surface area contributed by atoms with Crippen molar-refractivity contribution in [2.24, 2.45) is 0 Å². The minimum absolute atomic E-state index is 0.347. The van der Waals surface area contributed by atoms with E-state index < -0.39 is 11.9 Å². The van der Waals surface area contributed by atoms with Gasteiger partial charge in [-0.05, 0) is 24.6 Å². The summed E-state index contributed by atoms with van der Waals surface area (Å²) >= 11 is 1.19. The Bertz CT molecular complexity index is 607. The van der Waals surface area contributed by atoms with E-state index in [0.717, 1.165) is 0 Å². The number of carbonyl (C=O) groups is 1. The Hall–Kier alpha value is -1.50. The van der Waals surface area contributed by atoms with Crippen LogP contribution < -0.4 is 5.32 Å². The second-order valence-corrected chi connectivity index (χ2v) is 5.26. The molecule has 3 N–H and O–H groups in total. The van der Waals surface area contributed by atoms with Crippen LogP contribution in [0.1, 0.15) is 15.2 Å². The van der Waals surface area contributed by atoms with Crippen molar-refractivity contribution >= 4 is 27.3 Å². The van der Waals surface area contributed by atoms with Crippen LogP contribution in [-0.4, -0.2) is 35.4 Å². The van der Waals surface area contributed by atoms with Crippen molar-refractivity contribution in [1.29, 1.82) is 0 Å². The van der Waals surface area contributed by atoms with Gasteiger partial charge >= 0.3 is 0 Å². The van der Waals surface area contributed by atoms with Crippen molar-refractivity contribution in [2.75, 3.05) is 13.2 Å². The highest BCUT2D eigenvalue weighted by Gasteiger charge is 2.19. The molecule has 2 aromatic rings. The molecule has 1 amide bonds. The first-order valence-electron chi connectivity index (χ1n) is 5.78. The molecule has 0 saturated heterocycles. The van der Waals surface area contributed by atoms with Gasteiger partial charge in [-0.3, -0.25) is 4.79 Å². The number of amides is 1. The standard InChI is InChI=1S/C13H14FNO3S/c1-7-11-9(14)3-2-4-10(11)19-12(7)13(18)15-8(5-16)6-17/h2-4,8,16-17H,5-6H2,1H3,(H,15,18). The molecule has 6 heteroatoms. The molecular weight excluding hydrogens is 269 g/mol. The maximum absolute atomic E-state index is 13.7. The van der Waals surface area contributed by atoms with Gasteiger partial charge in [-0.2, -0.15) is 0 Å². The molecule has 0 aliphatic carbocycles. The molecule has 4 nitrogen and oxygen atoms in total. The molecule has 2 rings (SSSR count). The molecule has 102 valence electrons. The minimum atomic E-state index is -0.707. The summed E-state index contributed by atoms with van der Waals surface area (Å²) < 4.78 is 14.4. The maximum Gasteiger partial charge on any atom is 0.262 e. The fraction of sp³-hybridized carbons (Fsp3) is 0.308. The number of thiophene rings is 1. The Labute approximate surface area is 113 Å². The summed E-state index contributed by atoms with van der Waals surface area (Å²) in [5.74, 6) is -0.766. The molecule has 0 unspecified atom stereocenters. The number of aryl methyl sites for hydroxylation is 1. The van der Waals surface area contributed by atoms with Crippen LogP contribution in [0.2, 0.25) is 0 Å². The summed E-state index contributed by atoms with van der Waals surface area (Å²) in [6.07, 6.45) is 0. The van der Waals surface area contributed by atoms with E-state index in [1.54, 1.807) is 19.1 Å². The zero-order valence-corrected chi connectivity index (χ0v) is 11.1. The van der Waals surface area contributed by atoms with E-state index in [1.807, 2.05) is 0 Å². The second-order valence-electron chi connectivity index (χ2n) is 4.20. The van der Waals surface area contributed by atoms with Crippen molar-refractivity contribution in [1.82, 2.24) is 5.32 Å².